The highest BCUT2D eigenvalue weighted by Crippen LogP contribution is 2.09. The Balaban J connectivity index is 0.00000243. The number of halogens is 1. The fourth-order valence-electron chi connectivity index (χ4n) is 2.43. The maximum atomic E-state index is 4.65. The first kappa shape index (κ1) is 20.4. The standard InChI is InChI=1S/C19H23N5S.HI/c1-2-20-19(21-11-10-18-9-6-12-25-18)22-13-16-14-23-24(15-16)17-7-4-3-5-8-17;/h3-9,12,14-15H,2,10-11,13H2,1H3,(H2,20,21,22);1H. The second kappa shape index (κ2) is 11.0. The van der Waals surface area contributed by atoms with Gasteiger partial charge in [0.1, 0.15) is 0 Å². The normalized spacial score (nSPS) is 11.0. The molecular formula is C19H24IN5S. The van der Waals surface area contributed by atoms with E-state index in [1.54, 1.807) is 11.3 Å². The van der Waals surface area contributed by atoms with Crippen LogP contribution in [-0.2, 0) is 13.0 Å². The summed E-state index contributed by atoms with van der Waals surface area (Å²) in [7, 11) is 0. The lowest BCUT2D eigenvalue weighted by molar-refractivity contribution is 0.804. The van der Waals surface area contributed by atoms with Crippen molar-refractivity contribution < 1.29 is 0 Å². The number of para-hydroxylation sites is 1. The number of benzene rings is 1. The molecule has 138 valence electrons. The fourth-order valence-corrected chi connectivity index (χ4v) is 3.14. The molecule has 2 aromatic heterocycles. The molecule has 0 radical (unpaired) electrons. The molecule has 2 heterocycles. The molecule has 0 unspecified atom stereocenters. The zero-order chi connectivity index (χ0) is 17.3. The lowest BCUT2D eigenvalue weighted by Gasteiger charge is -2.10. The van der Waals surface area contributed by atoms with Gasteiger partial charge in [-0.2, -0.15) is 5.10 Å². The molecule has 0 aliphatic rings. The molecule has 7 heteroatoms. The lowest BCUT2D eigenvalue weighted by atomic mass is 10.3. The van der Waals surface area contributed by atoms with Gasteiger partial charge in [-0.05, 0) is 36.9 Å². The Morgan fingerprint density at radius 3 is 2.73 bits per heavy atom. The molecule has 26 heavy (non-hydrogen) atoms. The minimum atomic E-state index is 0. The monoisotopic (exact) mass is 481 g/mol. The number of guanidine groups is 1. The third-order valence-electron chi connectivity index (χ3n) is 3.66. The molecule has 3 rings (SSSR count). The van der Waals surface area contributed by atoms with Gasteiger partial charge in [0.25, 0.3) is 0 Å². The van der Waals surface area contributed by atoms with E-state index in [4.69, 9.17) is 0 Å². The summed E-state index contributed by atoms with van der Waals surface area (Å²) < 4.78 is 1.88. The Bertz CT molecular complexity index is 783. The van der Waals surface area contributed by atoms with Gasteiger partial charge in [-0.15, -0.1) is 35.3 Å². The summed E-state index contributed by atoms with van der Waals surface area (Å²) in [5, 5.41) is 13.2. The summed E-state index contributed by atoms with van der Waals surface area (Å²) >= 11 is 1.79. The van der Waals surface area contributed by atoms with E-state index in [1.165, 1.54) is 4.88 Å². The molecule has 0 fully saturated rings. The smallest absolute Gasteiger partial charge is 0.191 e. The number of nitrogens with one attached hydrogen (secondary N) is 2. The Kier molecular flexibility index (Phi) is 8.63. The van der Waals surface area contributed by atoms with Crippen LogP contribution in [0.4, 0.5) is 0 Å². The van der Waals surface area contributed by atoms with Crippen molar-refractivity contribution in [1.29, 1.82) is 0 Å². The molecule has 0 saturated carbocycles. The van der Waals surface area contributed by atoms with Crippen molar-refractivity contribution in [3.05, 3.63) is 70.7 Å². The van der Waals surface area contributed by atoms with Gasteiger partial charge in [0.2, 0.25) is 0 Å². The topological polar surface area (TPSA) is 54.2 Å². The molecule has 2 N–H and O–H groups in total. The Morgan fingerprint density at radius 2 is 2.00 bits per heavy atom. The van der Waals surface area contributed by atoms with Gasteiger partial charge in [-0.3, -0.25) is 0 Å². The third kappa shape index (κ3) is 6.14. The number of aromatic nitrogens is 2. The van der Waals surface area contributed by atoms with Gasteiger partial charge in [-0.25, -0.2) is 9.67 Å². The van der Waals surface area contributed by atoms with Crippen LogP contribution < -0.4 is 10.6 Å². The van der Waals surface area contributed by atoms with Gasteiger partial charge in [0.05, 0.1) is 18.4 Å². The molecule has 0 amide bonds. The Morgan fingerprint density at radius 1 is 1.15 bits per heavy atom. The van der Waals surface area contributed by atoms with Crippen molar-refractivity contribution in [2.75, 3.05) is 13.1 Å². The number of hydrogen-bond donors (Lipinski definition) is 2. The van der Waals surface area contributed by atoms with Crippen molar-refractivity contribution in [3.63, 3.8) is 0 Å². The summed E-state index contributed by atoms with van der Waals surface area (Å²) in [5.41, 5.74) is 2.14. The highest BCUT2D eigenvalue weighted by atomic mass is 127. The molecule has 0 saturated heterocycles. The van der Waals surface area contributed by atoms with Gasteiger partial charge < -0.3 is 10.6 Å². The SMILES string of the molecule is CCNC(=NCc1cnn(-c2ccccc2)c1)NCCc1cccs1.I. The number of hydrogen-bond acceptors (Lipinski definition) is 3. The zero-order valence-corrected chi connectivity index (χ0v) is 17.9. The largest absolute Gasteiger partial charge is 0.357 e. The van der Waals surface area contributed by atoms with Crippen LogP contribution in [-0.4, -0.2) is 28.8 Å². The second-order valence-electron chi connectivity index (χ2n) is 5.58. The van der Waals surface area contributed by atoms with Crippen LogP contribution in [0.1, 0.15) is 17.4 Å². The first-order chi connectivity index (χ1) is 12.3. The highest BCUT2D eigenvalue weighted by Gasteiger charge is 2.02. The maximum absolute atomic E-state index is 4.65. The first-order valence-corrected chi connectivity index (χ1v) is 9.36. The van der Waals surface area contributed by atoms with Crippen LogP contribution in [0.15, 0.2) is 65.2 Å². The quantitative estimate of drug-likeness (QED) is 0.306. The lowest BCUT2D eigenvalue weighted by Crippen LogP contribution is -2.38. The molecule has 0 aliphatic carbocycles. The molecule has 0 spiro atoms. The van der Waals surface area contributed by atoms with Crippen molar-refractivity contribution in [2.24, 2.45) is 4.99 Å². The van der Waals surface area contributed by atoms with Crippen LogP contribution >= 0.6 is 35.3 Å². The van der Waals surface area contributed by atoms with E-state index >= 15 is 0 Å². The van der Waals surface area contributed by atoms with Gasteiger partial charge in [0, 0.05) is 29.7 Å². The fraction of sp³-hybridized carbons (Fsp3) is 0.263. The average molecular weight is 481 g/mol. The van der Waals surface area contributed by atoms with E-state index in [2.05, 4.69) is 45.2 Å². The number of rotatable bonds is 7. The summed E-state index contributed by atoms with van der Waals surface area (Å²) in [5.74, 6) is 0.839. The minimum Gasteiger partial charge on any atom is -0.357 e. The van der Waals surface area contributed by atoms with Crippen LogP contribution in [0.3, 0.4) is 0 Å². The minimum absolute atomic E-state index is 0. The molecule has 1 aromatic carbocycles. The van der Waals surface area contributed by atoms with Crippen LogP contribution in [0.25, 0.3) is 5.69 Å². The predicted molar refractivity (Wildman–Crippen MR) is 120 cm³/mol. The van der Waals surface area contributed by atoms with Gasteiger partial charge >= 0.3 is 0 Å². The summed E-state index contributed by atoms with van der Waals surface area (Å²) in [6, 6.07) is 14.3. The summed E-state index contributed by atoms with van der Waals surface area (Å²) in [6.07, 6.45) is 4.90. The van der Waals surface area contributed by atoms with Crippen LogP contribution in [0, 0.1) is 0 Å². The zero-order valence-electron chi connectivity index (χ0n) is 14.8. The van der Waals surface area contributed by atoms with E-state index in [0.29, 0.717) is 6.54 Å². The van der Waals surface area contributed by atoms with E-state index in [9.17, 15) is 0 Å². The van der Waals surface area contributed by atoms with Gasteiger partial charge in [0.15, 0.2) is 5.96 Å². The Labute approximate surface area is 175 Å². The van der Waals surface area contributed by atoms with Crippen LogP contribution in [0.5, 0.6) is 0 Å². The van der Waals surface area contributed by atoms with Gasteiger partial charge in [-0.1, -0.05) is 24.3 Å². The molecule has 3 aromatic rings. The van der Waals surface area contributed by atoms with Crippen molar-refractivity contribution in [2.45, 2.75) is 19.9 Å². The molecule has 0 bridgehead atoms. The molecule has 5 nitrogen and oxygen atoms in total. The highest BCUT2D eigenvalue weighted by molar-refractivity contribution is 14.0. The summed E-state index contributed by atoms with van der Waals surface area (Å²) in [6.45, 7) is 4.38. The van der Waals surface area contributed by atoms with Crippen LogP contribution in [0.2, 0.25) is 0 Å². The third-order valence-corrected chi connectivity index (χ3v) is 4.60. The molecule has 0 aliphatic heterocycles. The number of aliphatic imine (C=N–C) groups is 1. The van der Waals surface area contributed by atoms with Crippen molar-refractivity contribution in [1.82, 2.24) is 20.4 Å². The average Bonchev–Trinajstić information content (AvgIpc) is 3.32. The summed E-state index contributed by atoms with van der Waals surface area (Å²) in [4.78, 5) is 6.04. The first-order valence-electron chi connectivity index (χ1n) is 8.48. The molecular weight excluding hydrogens is 457 g/mol. The van der Waals surface area contributed by atoms with Crippen molar-refractivity contribution >= 4 is 41.3 Å². The number of nitrogens with zero attached hydrogens (tertiary/aromatic N) is 3. The number of thiophene rings is 1. The Hall–Kier alpha value is -1.87. The second-order valence-corrected chi connectivity index (χ2v) is 6.61. The van der Waals surface area contributed by atoms with E-state index in [-0.39, 0.29) is 24.0 Å². The van der Waals surface area contributed by atoms with E-state index < -0.39 is 0 Å². The molecule has 0 atom stereocenters. The van der Waals surface area contributed by atoms with Crippen molar-refractivity contribution in [3.8, 4) is 5.69 Å². The maximum Gasteiger partial charge on any atom is 0.191 e. The van der Waals surface area contributed by atoms with E-state index in [1.807, 2.05) is 47.4 Å². The van der Waals surface area contributed by atoms with E-state index in [0.717, 1.165) is 36.7 Å². The predicted octanol–water partition coefficient (Wildman–Crippen LogP) is 3.85.